The first kappa shape index (κ1) is 14.1. The van der Waals surface area contributed by atoms with Crippen molar-refractivity contribution in [3.8, 4) is 5.75 Å². The highest BCUT2D eigenvalue weighted by Crippen LogP contribution is 2.24. The molecular formula is C16H23NO2. The zero-order valence-corrected chi connectivity index (χ0v) is 11.4. The molecule has 1 N–H and O–H groups in total. The van der Waals surface area contributed by atoms with Gasteiger partial charge in [-0.1, -0.05) is 37.3 Å². The average molecular weight is 261 g/mol. The minimum Gasteiger partial charge on any atom is -0.489 e. The number of nitrogens with zero attached hydrogens (tertiary/aromatic N) is 1. The van der Waals surface area contributed by atoms with Crippen LogP contribution in [0.15, 0.2) is 36.9 Å². The van der Waals surface area contributed by atoms with Gasteiger partial charge in [0.1, 0.15) is 12.4 Å². The van der Waals surface area contributed by atoms with E-state index in [-0.39, 0.29) is 6.61 Å². The maximum atomic E-state index is 9.46. The fourth-order valence-electron chi connectivity index (χ4n) is 2.62. The van der Waals surface area contributed by atoms with Gasteiger partial charge in [0.25, 0.3) is 0 Å². The highest BCUT2D eigenvalue weighted by Gasteiger charge is 2.22. The standard InChI is InChI=1S/C16H23NO2/c1-2-11-19-16-9-4-3-7-14(16)12-17-10-6-5-8-15(17)13-18/h2-4,7,9,15,18H,1,5-6,8,10-13H2/t15-/m1/s1. The van der Waals surface area contributed by atoms with Crippen LogP contribution >= 0.6 is 0 Å². The summed E-state index contributed by atoms with van der Waals surface area (Å²) in [6.45, 7) is 6.35. The maximum Gasteiger partial charge on any atom is 0.124 e. The quantitative estimate of drug-likeness (QED) is 0.799. The van der Waals surface area contributed by atoms with Crippen molar-refractivity contribution in [2.24, 2.45) is 0 Å². The lowest BCUT2D eigenvalue weighted by atomic mass is 10.0. The van der Waals surface area contributed by atoms with Crippen molar-refractivity contribution in [2.45, 2.75) is 31.8 Å². The molecule has 1 aliphatic rings. The average Bonchev–Trinajstić information content (AvgIpc) is 2.47. The van der Waals surface area contributed by atoms with Gasteiger partial charge in [-0.2, -0.15) is 0 Å². The van der Waals surface area contributed by atoms with Crippen LogP contribution in [0.4, 0.5) is 0 Å². The van der Waals surface area contributed by atoms with Gasteiger partial charge in [-0.3, -0.25) is 4.90 Å². The van der Waals surface area contributed by atoms with E-state index in [2.05, 4.69) is 17.5 Å². The van der Waals surface area contributed by atoms with Crippen LogP contribution in [-0.4, -0.2) is 35.8 Å². The van der Waals surface area contributed by atoms with Crippen molar-refractivity contribution in [3.63, 3.8) is 0 Å². The molecule has 1 fully saturated rings. The summed E-state index contributed by atoms with van der Waals surface area (Å²) in [4.78, 5) is 2.36. The molecule has 0 aliphatic carbocycles. The molecule has 0 saturated carbocycles. The van der Waals surface area contributed by atoms with Gasteiger partial charge in [0.2, 0.25) is 0 Å². The topological polar surface area (TPSA) is 32.7 Å². The molecule has 0 aromatic heterocycles. The number of para-hydroxylation sites is 1. The van der Waals surface area contributed by atoms with Crippen LogP contribution in [0.3, 0.4) is 0 Å². The Morgan fingerprint density at radius 1 is 1.37 bits per heavy atom. The van der Waals surface area contributed by atoms with E-state index < -0.39 is 0 Å². The third kappa shape index (κ3) is 3.82. The van der Waals surface area contributed by atoms with Gasteiger partial charge in [-0.15, -0.1) is 0 Å². The lowest BCUT2D eigenvalue weighted by Gasteiger charge is -2.34. The second-order valence-electron chi connectivity index (χ2n) is 5.01. The zero-order chi connectivity index (χ0) is 13.5. The van der Waals surface area contributed by atoms with Crippen molar-refractivity contribution >= 4 is 0 Å². The number of aliphatic hydroxyl groups excluding tert-OH is 1. The summed E-state index contributed by atoms with van der Waals surface area (Å²) >= 11 is 0. The molecule has 1 aliphatic heterocycles. The number of hydrogen-bond acceptors (Lipinski definition) is 3. The molecule has 2 rings (SSSR count). The Balaban J connectivity index is 2.06. The van der Waals surface area contributed by atoms with E-state index in [1.54, 1.807) is 6.08 Å². The monoisotopic (exact) mass is 261 g/mol. The second-order valence-corrected chi connectivity index (χ2v) is 5.01. The first-order chi connectivity index (χ1) is 9.35. The van der Waals surface area contributed by atoms with E-state index in [9.17, 15) is 5.11 Å². The molecule has 1 atom stereocenters. The highest BCUT2D eigenvalue weighted by atomic mass is 16.5. The third-order valence-electron chi connectivity index (χ3n) is 3.66. The Hall–Kier alpha value is -1.32. The SMILES string of the molecule is C=CCOc1ccccc1CN1CCCC[C@@H]1CO. The molecule has 0 amide bonds. The summed E-state index contributed by atoms with van der Waals surface area (Å²) < 4.78 is 5.69. The smallest absolute Gasteiger partial charge is 0.124 e. The summed E-state index contributed by atoms with van der Waals surface area (Å²) in [7, 11) is 0. The number of rotatable bonds is 6. The Kier molecular flexibility index (Phi) is 5.43. The van der Waals surface area contributed by atoms with E-state index in [0.717, 1.165) is 25.3 Å². The van der Waals surface area contributed by atoms with Gasteiger partial charge in [-0.25, -0.2) is 0 Å². The van der Waals surface area contributed by atoms with Crippen LogP contribution < -0.4 is 4.74 Å². The van der Waals surface area contributed by atoms with Crippen molar-refractivity contribution in [1.82, 2.24) is 4.90 Å². The van der Waals surface area contributed by atoms with Crippen LogP contribution in [0.2, 0.25) is 0 Å². The van der Waals surface area contributed by atoms with Crippen molar-refractivity contribution in [3.05, 3.63) is 42.5 Å². The predicted octanol–water partition coefficient (Wildman–Crippen LogP) is 2.60. The minimum absolute atomic E-state index is 0.246. The van der Waals surface area contributed by atoms with Gasteiger partial charge in [0.15, 0.2) is 0 Å². The Bertz CT molecular complexity index is 405. The van der Waals surface area contributed by atoms with E-state index in [0.29, 0.717) is 12.6 Å². The lowest BCUT2D eigenvalue weighted by Crippen LogP contribution is -2.41. The van der Waals surface area contributed by atoms with Crippen molar-refractivity contribution in [2.75, 3.05) is 19.8 Å². The van der Waals surface area contributed by atoms with E-state index in [1.165, 1.54) is 18.4 Å². The molecule has 0 unspecified atom stereocenters. The fourth-order valence-corrected chi connectivity index (χ4v) is 2.62. The predicted molar refractivity (Wildman–Crippen MR) is 77.3 cm³/mol. The molecule has 104 valence electrons. The summed E-state index contributed by atoms with van der Waals surface area (Å²) in [5, 5.41) is 9.46. The van der Waals surface area contributed by atoms with Crippen LogP contribution in [-0.2, 0) is 6.54 Å². The number of aliphatic hydroxyl groups is 1. The Morgan fingerprint density at radius 2 is 2.21 bits per heavy atom. The maximum absolute atomic E-state index is 9.46. The van der Waals surface area contributed by atoms with E-state index in [1.807, 2.05) is 18.2 Å². The molecular weight excluding hydrogens is 238 g/mol. The van der Waals surface area contributed by atoms with E-state index >= 15 is 0 Å². The molecule has 3 heteroatoms. The van der Waals surface area contributed by atoms with Crippen LogP contribution in [0.5, 0.6) is 5.75 Å². The van der Waals surface area contributed by atoms with Gasteiger partial charge >= 0.3 is 0 Å². The number of hydrogen-bond donors (Lipinski definition) is 1. The van der Waals surface area contributed by atoms with E-state index in [4.69, 9.17) is 4.74 Å². The molecule has 0 radical (unpaired) electrons. The first-order valence-electron chi connectivity index (χ1n) is 7.01. The lowest BCUT2D eigenvalue weighted by molar-refractivity contribution is 0.0833. The zero-order valence-electron chi connectivity index (χ0n) is 11.4. The Labute approximate surface area is 115 Å². The third-order valence-corrected chi connectivity index (χ3v) is 3.66. The van der Waals surface area contributed by atoms with Crippen molar-refractivity contribution < 1.29 is 9.84 Å². The molecule has 0 bridgehead atoms. The normalized spacial score (nSPS) is 20.2. The number of ether oxygens (including phenoxy) is 1. The van der Waals surface area contributed by atoms with Gasteiger partial charge in [0, 0.05) is 18.2 Å². The number of piperidine rings is 1. The largest absolute Gasteiger partial charge is 0.489 e. The summed E-state index contributed by atoms with van der Waals surface area (Å²) in [6, 6.07) is 8.41. The van der Waals surface area contributed by atoms with Gasteiger partial charge in [-0.05, 0) is 25.5 Å². The van der Waals surface area contributed by atoms with Crippen LogP contribution in [0, 0.1) is 0 Å². The molecule has 0 spiro atoms. The Morgan fingerprint density at radius 3 is 3.00 bits per heavy atom. The molecule has 3 nitrogen and oxygen atoms in total. The fraction of sp³-hybridized carbons (Fsp3) is 0.500. The number of likely N-dealkylation sites (tertiary alicyclic amines) is 1. The second kappa shape index (κ2) is 7.31. The van der Waals surface area contributed by atoms with Gasteiger partial charge in [0.05, 0.1) is 6.61 Å². The summed E-state index contributed by atoms with van der Waals surface area (Å²) in [5.74, 6) is 0.921. The summed E-state index contributed by atoms with van der Waals surface area (Å²) in [5.41, 5.74) is 1.18. The molecule has 1 saturated heterocycles. The molecule has 19 heavy (non-hydrogen) atoms. The van der Waals surface area contributed by atoms with Crippen LogP contribution in [0.1, 0.15) is 24.8 Å². The van der Waals surface area contributed by atoms with Gasteiger partial charge < -0.3 is 9.84 Å². The first-order valence-corrected chi connectivity index (χ1v) is 7.01. The molecule has 1 aromatic rings. The van der Waals surface area contributed by atoms with Crippen LogP contribution in [0.25, 0.3) is 0 Å². The highest BCUT2D eigenvalue weighted by molar-refractivity contribution is 5.33. The molecule has 1 aromatic carbocycles. The molecule has 1 heterocycles. The number of benzene rings is 1. The summed E-state index contributed by atoms with van der Waals surface area (Å²) in [6.07, 6.45) is 5.28. The minimum atomic E-state index is 0.246. The van der Waals surface area contributed by atoms with Crippen molar-refractivity contribution in [1.29, 1.82) is 0 Å².